The van der Waals surface area contributed by atoms with Crippen molar-refractivity contribution in [2.45, 2.75) is 25.2 Å². The number of hydrogen-bond donors (Lipinski definition) is 1. The molecule has 1 aliphatic carbocycles. The van der Waals surface area contributed by atoms with Crippen molar-refractivity contribution in [3.8, 4) is 0 Å². The number of nitrogens with zero attached hydrogens (tertiary/aromatic N) is 1. The highest BCUT2D eigenvalue weighted by atomic mass is 79.9. The summed E-state index contributed by atoms with van der Waals surface area (Å²) in [6.07, 6.45) is 3.59. The van der Waals surface area contributed by atoms with Crippen molar-refractivity contribution in [3.63, 3.8) is 0 Å². The third-order valence-corrected chi connectivity index (χ3v) is 4.78. The number of anilines is 1. The van der Waals surface area contributed by atoms with Gasteiger partial charge in [0, 0.05) is 15.5 Å². The summed E-state index contributed by atoms with van der Waals surface area (Å²) < 4.78 is 1.03. The number of nitrogens with one attached hydrogen (secondary N) is 1. The summed E-state index contributed by atoms with van der Waals surface area (Å²) in [5.74, 6) is 0.0594. The Hall–Kier alpha value is -1.20. The van der Waals surface area contributed by atoms with E-state index in [2.05, 4.69) is 26.2 Å². The Kier molecular flexibility index (Phi) is 3.19. The summed E-state index contributed by atoms with van der Waals surface area (Å²) >= 11 is 4.92. The van der Waals surface area contributed by atoms with Gasteiger partial charge in [0.15, 0.2) is 5.13 Å². The quantitative estimate of drug-likeness (QED) is 0.923. The van der Waals surface area contributed by atoms with Gasteiger partial charge in [0.05, 0.1) is 5.41 Å². The Bertz CT molecular complexity index is 617. The van der Waals surface area contributed by atoms with Crippen LogP contribution in [0.1, 0.15) is 23.3 Å². The van der Waals surface area contributed by atoms with E-state index in [1.54, 1.807) is 6.20 Å². The number of aryl methyl sites for hydroxylation is 1. The van der Waals surface area contributed by atoms with Crippen LogP contribution in [0.5, 0.6) is 0 Å². The molecule has 1 fully saturated rings. The van der Waals surface area contributed by atoms with Crippen LogP contribution in [0.2, 0.25) is 0 Å². The van der Waals surface area contributed by atoms with Crippen molar-refractivity contribution >= 4 is 38.3 Å². The van der Waals surface area contributed by atoms with Crippen LogP contribution in [0.15, 0.2) is 34.9 Å². The van der Waals surface area contributed by atoms with Gasteiger partial charge in [0.25, 0.3) is 0 Å². The van der Waals surface area contributed by atoms with E-state index in [1.165, 1.54) is 11.3 Å². The second-order valence-corrected chi connectivity index (χ2v) is 6.97. The predicted octanol–water partition coefficient (Wildman–Crippen LogP) is 3.88. The Morgan fingerprint density at radius 3 is 2.58 bits per heavy atom. The van der Waals surface area contributed by atoms with Gasteiger partial charge in [-0.3, -0.25) is 4.79 Å². The van der Waals surface area contributed by atoms with Crippen LogP contribution in [0.25, 0.3) is 0 Å². The Balaban J connectivity index is 1.81. The van der Waals surface area contributed by atoms with E-state index in [0.717, 1.165) is 27.8 Å². The molecule has 19 heavy (non-hydrogen) atoms. The van der Waals surface area contributed by atoms with Gasteiger partial charge in [-0.25, -0.2) is 4.98 Å². The average molecular weight is 337 g/mol. The molecule has 0 unspecified atom stereocenters. The summed E-state index contributed by atoms with van der Waals surface area (Å²) in [5.41, 5.74) is 0.738. The molecule has 0 aliphatic heterocycles. The van der Waals surface area contributed by atoms with E-state index in [1.807, 2.05) is 31.2 Å². The number of benzene rings is 1. The van der Waals surface area contributed by atoms with Crippen LogP contribution >= 0.6 is 27.3 Å². The summed E-state index contributed by atoms with van der Waals surface area (Å²) in [6.45, 7) is 1.98. The molecule has 1 heterocycles. The second kappa shape index (κ2) is 4.72. The van der Waals surface area contributed by atoms with E-state index in [0.29, 0.717) is 5.13 Å². The predicted molar refractivity (Wildman–Crippen MR) is 80.5 cm³/mol. The Labute approximate surface area is 124 Å². The summed E-state index contributed by atoms with van der Waals surface area (Å²) in [6, 6.07) is 8.00. The number of carbonyl (C=O) groups is 1. The lowest BCUT2D eigenvalue weighted by Crippen LogP contribution is -2.27. The van der Waals surface area contributed by atoms with Crippen molar-refractivity contribution in [3.05, 3.63) is 45.4 Å². The third-order valence-electron chi connectivity index (χ3n) is 3.42. The number of rotatable bonds is 3. The van der Waals surface area contributed by atoms with Crippen molar-refractivity contribution in [2.75, 3.05) is 5.32 Å². The van der Waals surface area contributed by atoms with Crippen LogP contribution in [0.4, 0.5) is 5.13 Å². The Morgan fingerprint density at radius 2 is 2.05 bits per heavy atom. The number of hydrogen-bond acceptors (Lipinski definition) is 3. The van der Waals surface area contributed by atoms with Crippen LogP contribution < -0.4 is 5.32 Å². The first-order chi connectivity index (χ1) is 9.10. The highest BCUT2D eigenvalue weighted by Gasteiger charge is 2.51. The lowest BCUT2D eigenvalue weighted by Gasteiger charge is -2.14. The molecule has 2 aromatic rings. The van der Waals surface area contributed by atoms with E-state index >= 15 is 0 Å². The molecule has 98 valence electrons. The van der Waals surface area contributed by atoms with Gasteiger partial charge < -0.3 is 5.32 Å². The highest BCUT2D eigenvalue weighted by Crippen LogP contribution is 2.49. The molecule has 1 aliphatic rings. The Morgan fingerprint density at radius 1 is 1.37 bits per heavy atom. The van der Waals surface area contributed by atoms with E-state index < -0.39 is 0 Å². The maximum Gasteiger partial charge on any atom is 0.236 e. The van der Waals surface area contributed by atoms with Crippen LogP contribution in [-0.4, -0.2) is 10.9 Å². The van der Waals surface area contributed by atoms with Gasteiger partial charge in [-0.1, -0.05) is 28.1 Å². The molecule has 0 radical (unpaired) electrons. The number of aromatic nitrogens is 1. The first-order valence-corrected chi connectivity index (χ1v) is 7.71. The molecule has 3 rings (SSSR count). The van der Waals surface area contributed by atoms with Crippen molar-refractivity contribution in [2.24, 2.45) is 0 Å². The summed E-state index contributed by atoms with van der Waals surface area (Å²) in [4.78, 5) is 17.7. The topological polar surface area (TPSA) is 42.0 Å². The molecule has 1 aromatic carbocycles. The minimum absolute atomic E-state index is 0.0594. The number of thiazole rings is 1. The van der Waals surface area contributed by atoms with E-state index in [-0.39, 0.29) is 11.3 Å². The van der Waals surface area contributed by atoms with Crippen LogP contribution in [0, 0.1) is 6.92 Å². The molecule has 0 atom stereocenters. The monoisotopic (exact) mass is 336 g/mol. The SMILES string of the molecule is Cc1cnc(NC(=O)C2(c3ccc(Br)cc3)CC2)s1. The molecular formula is C14H13BrN2OS. The maximum atomic E-state index is 12.4. The zero-order chi connectivity index (χ0) is 13.5. The molecule has 3 nitrogen and oxygen atoms in total. The van der Waals surface area contributed by atoms with Crippen LogP contribution in [0.3, 0.4) is 0 Å². The fraction of sp³-hybridized carbons (Fsp3) is 0.286. The molecule has 1 amide bonds. The molecule has 1 aromatic heterocycles. The first-order valence-electron chi connectivity index (χ1n) is 6.10. The van der Waals surface area contributed by atoms with Crippen molar-refractivity contribution in [1.29, 1.82) is 0 Å². The molecular weight excluding hydrogens is 324 g/mol. The number of halogens is 1. The third kappa shape index (κ3) is 2.44. The number of carbonyl (C=O) groups excluding carboxylic acids is 1. The van der Waals surface area contributed by atoms with Gasteiger partial charge in [0.1, 0.15) is 0 Å². The zero-order valence-corrected chi connectivity index (χ0v) is 12.8. The van der Waals surface area contributed by atoms with Gasteiger partial charge in [-0.15, -0.1) is 11.3 Å². The lowest BCUT2D eigenvalue weighted by atomic mass is 9.95. The highest BCUT2D eigenvalue weighted by molar-refractivity contribution is 9.10. The van der Waals surface area contributed by atoms with E-state index in [4.69, 9.17) is 0 Å². The maximum absolute atomic E-state index is 12.4. The minimum atomic E-state index is -0.347. The minimum Gasteiger partial charge on any atom is -0.301 e. The van der Waals surface area contributed by atoms with Crippen molar-refractivity contribution in [1.82, 2.24) is 4.98 Å². The molecule has 0 spiro atoms. The largest absolute Gasteiger partial charge is 0.301 e. The first kappa shape index (κ1) is 12.8. The normalized spacial score (nSPS) is 16.1. The molecule has 0 bridgehead atoms. The lowest BCUT2D eigenvalue weighted by molar-refractivity contribution is -0.118. The average Bonchev–Trinajstić information content (AvgIpc) is 3.10. The fourth-order valence-electron chi connectivity index (χ4n) is 2.17. The van der Waals surface area contributed by atoms with Gasteiger partial charge >= 0.3 is 0 Å². The second-order valence-electron chi connectivity index (χ2n) is 4.82. The molecule has 1 N–H and O–H groups in total. The van der Waals surface area contributed by atoms with Gasteiger partial charge in [-0.05, 0) is 37.5 Å². The fourth-order valence-corrected chi connectivity index (χ4v) is 3.09. The number of amides is 1. The van der Waals surface area contributed by atoms with Crippen LogP contribution in [-0.2, 0) is 10.2 Å². The summed E-state index contributed by atoms with van der Waals surface area (Å²) in [5, 5.41) is 3.62. The molecule has 5 heteroatoms. The standard InChI is InChI=1S/C14H13BrN2OS/c1-9-8-16-13(19-9)17-12(18)14(6-7-14)10-2-4-11(15)5-3-10/h2-5,8H,6-7H2,1H3,(H,16,17,18). The van der Waals surface area contributed by atoms with E-state index in [9.17, 15) is 4.79 Å². The van der Waals surface area contributed by atoms with Gasteiger partial charge in [-0.2, -0.15) is 0 Å². The van der Waals surface area contributed by atoms with Gasteiger partial charge in [0.2, 0.25) is 5.91 Å². The van der Waals surface area contributed by atoms with Crippen molar-refractivity contribution < 1.29 is 4.79 Å². The zero-order valence-electron chi connectivity index (χ0n) is 10.4. The molecule has 0 saturated heterocycles. The summed E-state index contributed by atoms with van der Waals surface area (Å²) in [7, 11) is 0. The smallest absolute Gasteiger partial charge is 0.236 e. The molecule has 1 saturated carbocycles.